The van der Waals surface area contributed by atoms with E-state index in [0.29, 0.717) is 18.4 Å². The summed E-state index contributed by atoms with van der Waals surface area (Å²) in [7, 11) is 1.71. The number of benzene rings is 1. The van der Waals surface area contributed by atoms with Crippen LogP contribution in [0.25, 0.3) is 0 Å². The van der Waals surface area contributed by atoms with Gasteiger partial charge in [-0.3, -0.25) is 5.41 Å². The molecule has 0 spiro atoms. The minimum Gasteiger partial charge on any atom is -0.384 e. The molecule has 80 valence electrons. The predicted molar refractivity (Wildman–Crippen MR) is 60.3 cm³/mol. The Bertz CT molecular complexity index is 337. The maximum absolute atomic E-state index is 7.89. The van der Waals surface area contributed by atoms with Crippen molar-refractivity contribution in [3.8, 4) is 0 Å². The van der Waals surface area contributed by atoms with Gasteiger partial charge in [0, 0.05) is 25.5 Å². The molecule has 0 saturated carbocycles. The summed E-state index contributed by atoms with van der Waals surface area (Å²) >= 11 is 0. The molecule has 15 heavy (non-hydrogen) atoms. The van der Waals surface area contributed by atoms with Crippen LogP contribution in [0.5, 0.6) is 0 Å². The molecule has 1 saturated heterocycles. The lowest BCUT2D eigenvalue weighted by Gasteiger charge is -2.17. The van der Waals surface area contributed by atoms with Crippen LogP contribution in [0.2, 0.25) is 0 Å². The van der Waals surface area contributed by atoms with Gasteiger partial charge < -0.3 is 10.1 Å². The average Bonchev–Trinajstić information content (AvgIpc) is 2.62. The first-order chi connectivity index (χ1) is 7.33. The van der Waals surface area contributed by atoms with E-state index in [1.54, 1.807) is 7.11 Å². The summed E-state index contributed by atoms with van der Waals surface area (Å²) < 4.78 is 5.19. The van der Waals surface area contributed by atoms with E-state index in [2.05, 4.69) is 17.4 Å². The largest absolute Gasteiger partial charge is 0.384 e. The molecular formula is C12H16N2O. The molecule has 0 bridgehead atoms. The molecule has 3 nitrogen and oxygen atoms in total. The van der Waals surface area contributed by atoms with Crippen LogP contribution in [0.3, 0.4) is 0 Å². The van der Waals surface area contributed by atoms with E-state index < -0.39 is 0 Å². The second-order valence-electron chi connectivity index (χ2n) is 3.90. The Kier molecular flexibility index (Phi) is 3.02. The lowest BCUT2D eigenvalue weighted by Crippen LogP contribution is -2.18. The number of hydrogen-bond acceptors (Lipinski definition) is 2. The fourth-order valence-corrected chi connectivity index (χ4v) is 2.17. The highest BCUT2D eigenvalue weighted by Crippen LogP contribution is 2.29. The number of ether oxygens (including phenoxy) is 1. The van der Waals surface area contributed by atoms with Gasteiger partial charge >= 0.3 is 0 Å². The highest BCUT2D eigenvalue weighted by atomic mass is 16.5. The number of nitrogens with one attached hydrogen (secondary N) is 2. The standard InChI is InChI=1S/C12H16N2O/c1-15-8-10-7-14-12(13)11(10)9-5-3-2-4-6-9/h2-6,10-11H,7-8H2,1H3,(H2,13,14)/t10-,11-/m1/s1. The van der Waals surface area contributed by atoms with Crippen molar-refractivity contribution in [2.75, 3.05) is 20.3 Å². The van der Waals surface area contributed by atoms with Crippen molar-refractivity contribution >= 4 is 5.84 Å². The molecule has 0 unspecified atom stereocenters. The molecular weight excluding hydrogens is 188 g/mol. The summed E-state index contributed by atoms with van der Waals surface area (Å²) in [6.45, 7) is 1.54. The Labute approximate surface area is 90.0 Å². The fourth-order valence-electron chi connectivity index (χ4n) is 2.17. The highest BCUT2D eigenvalue weighted by Gasteiger charge is 2.32. The third-order valence-electron chi connectivity index (χ3n) is 2.88. The smallest absolute Gasteiger partial charge is 0.101 e. The third kappa shape index (κ3) is 2.02. The SMILES string of the molecule is COC[C@H]1CNC(=N)[C@@H]1c1ccccc1. The van der Waals surface area contributed by atoms with E-state index >= 15 is 0 Å². The lowest BCUT2D eigenvalue weighted by atomic mass is 9.89. The predicted octanol–water partition coefficient (Wildman–Crippen LogP) is 1.61. The molecule has 0 amide bonds. The molecule has 1 fully saturated rings. The van der Waals surface area contributed by atoms with Crippen molar-refractivity contribution in [2.24, 2.45) is 5.92 Å². The Balaban J connectivity index is 2.21. The van der Waals surface area contributed by atoms with Gasteiger partial charge in [0.25, 0.3) is 0 Å². The monoisotopic (exact) mass is 204 g/mol. The molecule has 1 aliphatic heterocycles. The number of hydrogen-bond donors (Lipinski definition) is 2. The van der Waals surface area contributed by atoms with E-state index in [1.807, 2.05) is 18.2 Å². The Morgan fingerprint density at radius 3 is 2.80 bits per heavy atom. The van der Waals surface area contributed by atoms with Gasteiger partial charge in [0.1, 0.15) is 5.84 Å². The van der Waals surface area contributed by atoms with Crippen LogP contribution in [0.1, 0.15) is 11.5 Å². The van der Waals surface area contributed by atoms with Gasteiger partial charge in [-0.2, -0.15) is 0 Å². The van der Waals surface area contributed by atoms with Crippen LogP contribution >= 0.6 is 0 Å². The molecule has 0 aromatic heterocycles. The summed E-state index contributed by atoms with van der Waals surface area (Å²) in [5.74, 6) is 1.17. The Morgan fingerprint density at radius 2 is 2.13 bits per heavy atom. The summed E-state index contributed by atoms with van der Waals surface area (Å²) in [5, 5.41) is 11.0. The molecule has 0 radical (unpaired) electrons. The van der Waals surface area contributed by atoms with E-state index in [9.17, 15) is 0 Å². The van der Waals surface area contributed by atoms with Crippen molar-refractivity contribution in [1.29, 1.82) is 5.41 Å². The lowest BCUT2D eigenvalue weighted by molar-refractivity contribution is 0.155. The summed E-state index contributed by atoms with van der Waals surface area (Å²) in [4.78, 5) is 0. The first kappa shape index (κ1) is 10.2. The highest BCUT2D eigenvalue weighted by molar-refractivity contribution is 5.88. The van der Waals surface area contributed by atoms with Crippen LogP contribution in [-0.2, 0) is 4.74 Å². The first-order valence-corrected chi connectivity index (χ1v) is 5.19. The van der Waals surface area contributed by atoms with Gasteiger partial charge in [-0.15, -0.1) is 0 Å². The van der Waals surface area contributed by atoms with Crippen LogP contribution in [-0.4, -0.2) is 26.1 Å². The van der Waals surface area contributed by atoms with E-state index in [1.165, 1.54) is 5.56 Å². The minimum atomic E-state index is 0.172. The zero-order valence-corrected chi connectivity index (χ0v) is 8.86. The molecule has 2 atom stereocenters. The van der Waals surface area contributed by atoms with Gasteiger partial charge in [0.2, 0.25) is 0 Å². The van der Waals surface area contributed by atoms with Crippen molar-refractivity contribution in [3.05, 3.63) is 35.9 Å². The molecule has 0 aliphatic carbocycles. The molecule has 3 heteroatoms. The molecule has 2 N–H and O–H groups in total. The molecule has 1 aromatic carbocycles. The van der Waals surface area contributed by atoms with Gasteiger partial charge in [0.15, 0.2) is 0 Å². The zero-order chi connectivity index (χ0) is 10.7. The molecule has 2 rings (SSSR count). The number of methoxy groups -OCH3 is 1. The van der Waals surface area contributed by atoms with Crippen molar-refractivity contribution in [2.45, 2.75) is 5.92 Å². The first-order valence-electron chi connectivity index (χ1n) is 5.19. The van der Waals surface area contributed by atoms with Crippen LogP contribution in [0.4, 0.5) is 0 Å². The molecule has 1 heterocycles. The Hall–Kier alpha value is -1.35. The maximum atomic E-state index is 7.89. The Morgan fingerprint density at radius 1 is 1.40 bits per heavy atom. The topological polar surface area (TPSA) is 45.1 Å². The summed E-state index contributed by atoms with van der Waals surface area (Å²) in [6, 6.07) is 10.2. The van der Waals surface area contributed by atoms with Crippen molar-refractivity contribution < 1.29 is 4.74 Å². The zero-order valence-electron chi connectivity index (χ0n) is 8.86. The third-order valence-corrected chi connectivity index (χ3v) is 2.88. The van der Waals surface area contributed by atoms with Gasteiger partial charge in [-0.1, -0.05) is 30.3 Å². The van der Waals surface area contributed by atoms with Crippen molar-refractivity contribution in [3.63, 3.8) is 0 Å². The van der Waals surface area contributed by atoms with E-state index in [4.69, 9.17) is 10.1 Å². The average molecular weight is 204 g/mol. The van der Waals surface area contributed by atoms with Gasteiger partial charge in [-0.05, 0) is 5.56 Å². The van der Waals surface area contributed by atoms with Crippen LogP contribution < -0.4 is 5.32 Å². The number of rotatable bonds is 3. The van der Waals surface area contributed by atoms with Crippen molar-refractivity contribution in [1.82, 2.24) is 5.32 Å². The normalized spacial score (nSPS) is 25.3. The summed E-state index contributed by atoms with van der Waals surface area (Å²) in [6.07, 6.45) is 0. The molecule has 1 aliphatic rings. The fraction of sp³-hybridized carbons (Fsp3) is 0.417. The maximum Gasteiger partial charge on any atom is 0.101 e. The second kappa shape index (κ2) is 4.45. The quantitative estimate of drug-likeness (QED) is 0.785. The summed E-state index contributed by atoms with van der Waals surface area (Å²) in [5.41, 5.74) is 1.20. The van der Waals surface area contributed by atoms with Crippen LogP contribution in [0, 0.1) is 11.3 Å². The molecule has 1 aromatic rings. The minimum absolute atomic E-state index is 0.172. The van der Waals surface area contributed by atoms with Gasteiger partial charge in [-0.25, -0.2) is 0 Å². The second-order valence-corrected chi connectivity index (χ2v) is 3.90. The van der Waals surface area contributed by atoms with Crippen LogP contribution in [0.15, 0.2) is 30.3 Å². The van der Waals surface area contributed by atoms with Gasteiger partial charge in [0.05, 0.1) is 6.61 Å². The van der Waals surface area contributed by atoms with E-state index in [-0.39, 0.29) is 5.92 Å². The van der Waals surface area contributed by atoms with E-state index in [0.717, 1.165) is 6.54 Å². The number of amidine groups is 1.